The van der Waals surface area contributed by atoms with Gasteiger partial charge in [0.1, 0.15) is 5.76 Å². The maximum atomic E-state index is 12.0. The van der Waals surface area contributed by atoms with E-state index >= 15 is 0 Å². The van der Waals surface area contributed by atoms with E-state index in [4.69, 9.17) is 4.42 Å². The molecule has 0 aliphatic carbocycles. The average molecular weight is 357 g/mol. The zero-order valence-corrected chi connectivity index (χ0v) is 15.5. The van der Waals surface area contributed by atoms with Gasteiger partial charge in [-0.25, -0.2) is 4.79 Å². The first-order chi connectivity index (χ1) is 12.5. The summed E-state index contributed by atoms with van der Waals surface area (Å²) in [6.45, 7) is 6.61. The SMILES string of the molecule is CCc1ccc([C@@H](NCC(=O)NC(=O)NCc2ccco2)C(C)C)cc1. The number of nitrogens with one attached hydrogen (secondary N) is 3. The molecule has 1 aromatic heterocycles. The van der Waals surface area contributed by atoms with Gasteiger partial charge in [-0.15, -0.1) is 0 Å². The predicted octanol–water partition coefficient (Wildman–Crippen LogP) is 3.15. The third-order valence-corrected chi connectivity index (χ3v) is 4.15. The Labute approximate surface area is 154 Å². The van der Waals surface area contributed by atoms with E-state index in [1.54, 1.807) is 12.1 Å². The first kappa shape index (κ1) is 19.7. The summed E-state index contributed by atoms with van der Waals surface area (Å²) in [6, 6.07) is 11.4. The molecule has 0 saturated carbocycles. The van der Waals surface area contributed by atoms with Gasteiger partial charge in [0.05, 0.1) is 19.4 Å². The van der Waals surface area contributed by atoms with Crippen LogP contribution in [-0.2, 0) is 17.8 Å². The van der Waals surface area contributed by atoms with Gasteiger partial charge in [0.15, 0.2) is 0 Å². The van der Waals surface area contributed by atoms with Crippen LogP contribution < -0.4 is 16.0 Å². The van der Waals surface area contributed by atoms with Gasteiger partial charge in [0.25, 0.3) is 0 Å². The van der Waals surface area contributed by atoms with Crippen LogP contribution >= 0.6 is 0 Å². The molecule has 26 heavy (non-hydrogen) atoms. The van der Waals surface area contributed by atoms with E-state index in [1.165, 1.54) is 11.8 Å². The predicted molar refractivity (Wildman–Crippen MR) is 100 cm³/mol. The number of imide groups is 1. The van der Waals surface area contributed by atoms with Gasteiger partial charge >= 0.3 is 6.03 Å². The molecular formula is C20H27N3O3. The monoisotopic (exact) mass is 357 g/mol. The summed E-state index contributed by atoms with van der Waals surface area (Å²) in [6.07, 6.45) is 2.53. The van der Waals surface area contributed by atoms with Gasteiger partial charge in [-0.2, -0.15) is 0 Å². The van der Waals surface area contributed by atoms with Crippen molar-refractivity contribution < 1.29 is 14.0 Å². The first-order valence-electron chi connectivity index (χ1n) is 8.92. The minimum Gasteiger partial charge on any atom is -0.467 e. The lowest BCUT2D eigenvalue weighted by molar-refractivity contribution is -0.119. The molecule has 0 unspecified atom stereocenters. The van der Waals surface area contributed by atoms with Crippen LogP contribution in [0.5, 0.6) is 0 Å². The van der Waals surface area contributed by atoms with E-state index in [2.05, 4.69) is 61.0 Å². The van der Waals surface area contributed by atoms with Gasteiger partial charge in [-0.05, 0) is 35.6 Å². The molecule has 6 nitrogen and oxygen atoms in total. The van der Waals surface area contributed by atoms with E-state index in [0.29, 0.717) is 11.7 Å². The summed E-state index contributed by atoms with van der Waals surface area (Å²) in [5.74, 6) is 0.557. The first-order valence-corrected chi connectivity index (χ1v) is 8.92. The molecule has 1 atom stereocenters. The van der Waals surface area contributed by atoms with Gasteiger partial charge in [0.2, 0.25) is 5.91 Å². The van der Waals surface area contributed by atoms with Crippen LogP contribution in [0.2, 0.25) is 0 Å². The average Bonchev–Trinajstić information content (AvgIpc) is 3.14. The largest absolute Gasteiger partial charge is 0.467 e. The van der Waals surface area contributed by atoms with Crippen molar-refractivity contribution in [2.75, 3.05) is 6.54 Å². The smallest absolute Gasteiger partial charge is 0.321 e. The summed E-state index contributed by atoms with van der Waals surface area (Å²) in [5.41, 5.74) is 2.41. The van der Waals surface area contributed by atoms with Crippen molar-refractivity contribution in [2.24, 2.45) is 5.92 Å². The zero-order chi connectivity index (χ0) is 18.9. The standard InChI is InChI=1S/C20H27N3O3/c1-4-15-7-9-16(10-8-15)19(14(2)3)21-13-18(24)23-20(25)22-12-17-6-5-11-26-17/h5-11,14,19,21H,4,12-13H2,1-3H3,(H2,22,23,24,25)/t19-/m0/s1. The molecule has 0 fully saturated rings. The molecule has 1 aromatic carbocycles. The third-order valence-electron chi connectivity index (χ3n) is 4.15. The Morgan fingerprint density at radius 2 is 1.85 bits per heavy atom. The van der Waals surface area contributed by atoms with E-state index in [9.17, 15) is 9.59 Å². The van der Waals surface area contributed by atoms with Gasteiger partial charge < -0.3 is 15.1 Å². The molecular weight excluding hydrogens is 330 g/mol. The number of benzene rings is 1. The highest BCUT2D eigenvalue weighted by atomic mass is 16.3. The van der Waals surface area contributed by atoms with Crippen LogP contribution in [0, 0.1) is 5.92 Å². The van der Waals surface area contributed by atoms with Crippen molar-refractivity contribution in [1.29, 1.82) is 0 Å². The fourth-order valence-electron chi connectivity index (χ4n) is 2.70. The van der Waals surface area contributed by atoms with E-state index < -0.39 is 6.03 Å². The number of amides is 3. The molecule has 0 aliphatic rings. The molecule has 0 saturated heterocycles. The van der Waals surface area contributed by atoms with Crippen LogP contribution in [-0.4, -0.2) is 18.5 Å². The maximum Gasteiger partial charge on any atom is 0.321 e. The Morgan fingerprint density at radius 1 is 1.12 bits per heavy atom. The van der Waals surface area contributed by atoms with Crippen LogP contribution in [0.1, 0.15) is 43.7 Å². The maximum absolute atomic E-state index is 12.0. The van der Waals surface area contributed by atoms with E-state index in [1.807, 2.05) is 0 Å². The summed E-state index contributed by atoms with van der Waals surface area (Å²) < 4.78 is 5.12. The molecule has 0 bridgehead atoms. The number of hydrogen-bond donors (Lipinski definition) is 3. The third kappa shape index (κ3) is 6.04. The molecule has 3 amide bonds. The van der Waals surface area contributed by atoms with Crippen LogP contribution in [0.4, 0.5) is 4.79 Å². The molecule has 2 rings (SSSR count). The Morgan fingerprint density at radius 3 is 2.42 bits per heavy atom. The number of carbonyl (C=O) groups is 2. The van der Waals surface area contributed by atoms with Crippen molar-refractivity contribution >= 4 is 11.9 Å². The van der Waals surface area contributed by atoms with Crippen molar-refractivity contribution in [3.05, 3.63) is 59.5 Å². The highest BCUT2D eigenvalue weighted by Gasteiger charge is 2.17. The Balaban J connectivity index is 1.81. The molecule has 1 heterocycles. The van der Waals surface area contributed by atoms with Crippen LogP contribution in [0.25, 0.3) is 0 Å². The van der Waals surface area contributed by atoms with E-state index in [0.717, 1.165) is 12.0 Å². The van der Waals surface area contributed by atoms with Crippen LogP contribution in [0.3, 0.4) is 0 Å². The molecule has 2 aromatic rings. The number of carbonyl (C=O) groups excluding carboxylic acids is 2. The summed E-state index contributed by atoms with van der Waals surface area (Å²) in [7, 11) is 0. The second kappa shape index (κ2) is 9.77. The summed E-state index contributed by atoms with van der Waals surface area (Å²) in [4.78, 5) is 23.8. The Bertz CT molecular complexity index is 694. The molecule has 140 valence electrons. The van der Waals surface area contributed by atoms with Gasteiger partial charge in [0, 0.05) is 6.04 Å². The zero-order valence-electron chi connectivity index (χ0n) is 15.5. The Kier molecular flexibility index (Phi) is 7.41. The van der Waals surface area contributed by atoms with Gasteiger partial charge in [-0.3, -0.25) is 10.1 Å². The number of hydrogen-bond acceptors (Lipinski definition) is 4. The highest BCUT2D eigenvalue weighted by molar-refractivity contribution is 5.95. The second-order valence-corrected chi connectivity index (χ2v) is 6.51. The molecule has 0 radical (unpaired) electrons. The van der Waals surface area contributed by atoms with E-state index in [-0.39, 0.29) is 25.0 Å². The van der Waals surface area contributed by atoms with Crippen molar-refractivity contribution in [3.63, 3.8) is 0 Å². The lowest BCUT2D eigenvalue weighted by Crippen LogP contribution is -2.44. The molecule has 3 N–H and O–H groups in total. The molecule has 6 heteroatoms. The van der Waals surface area contributed by atoms with Crippen molar-refractivity contribution in [1.82, 2.24) is 16.0 Å². The number of furan rings is 1. The number of rotatable bonds is 8. The van der Waals surface area contributed by atoms with Crippen molar-refractivity contribution in [2.45, 2.75) is 39.8 Å². The quantitative estimate of drug-likeness (QED) is 0.678. The lowest BCUT2D eigenvalue weighted by Gasteiger charge is -2.23. The summed E-state index contributed by atoms with van der Waals surface area (Å²) in [5, 5.41) is 8.13. The number of aryl methyl sites for hydroxylation is 1. The minimum absolute atomic E-state index is 0.0397. The normalized spacial score (nSPS) is 12.0. The molecule has 0 spiro atoms. The highest BCUT2D eigenvalue weighted by Crippen LogP contribution is 2.22. The van der Waals surface area contributed by atoms with Crippen molar-refractivity contribution in [3.8, 4) is 0 Å². The van der Waals surface area contributed by atoms with Crippen LogP contribution in [0.15, 0.2) is 47.1 Å². The molecule has 0 aliphatic heterocycles. The Hall–Kier alpha value is -2.60. The number of urea groups is 1. The fraction of sp³-hybridized carbons (Fsp3) is 0.400. The minimum atomic E-state index is -0.540. The lowest BCUT2D eigenvalue weighted by atomic mass is 9.95. The summed E-state index contributed by atoms with van der Waals surface area (Å²) >= 11 is 0. The second-order valence-electron chi connectivity index (χ2n) is 6.51. The van der Waals surface area contributed by atoms with Gasteiger partial charge in [-0.1, -0.05) is 45.0 Å². The fourth-order valence-corrected chi connectivity index (χ4v) is 2.70. The topological polar surface area (TPSA) is 83.4 Å².